The highest BCUT2D eigenvalue weighted by atomic mass is 35.5. The van der Waals surface area contributed by atoms with E-state index in [1.54, 1.807) is 19.1 Å². The van der Waals surface area contributed by atoms with Crippen molar-refractivity contribution in [3.8, 4) is 0 Å². The van der Waals surface area contributed by atoms with Crippen LogP contribution in [-0.2, 0) is 11.2 Å². The lowest BCUT2D eigenvalue weighted by atomic mass is 10.0. The van der Waals surface area contributed by atoms with Crippen molar-refractivity contribution in [3.05, 3.63) is 35.1 Å². The van der Waals surface area contributed by atoms with Gasteiger partial charge in [0, 0.05) is 0 Å². The predicted molar refractivity (Wildman–Crippen MR) is 50.5 cm³/mol. The van der Waals surface area contributed by atoms with Crippen molar-refractivity contribution in [2.45, 2.75) is 18.7 Å². The summed E-state index contributed by atoms with van der Waals surface area (Å²) in [5, 5.41) is -0.569. The molecule has 0 amide bonds. The Kier molecular flexibility index (Phi) is 3.43. The Hall–Kier alpha value is -0.890. The first-order valence-corrected chi connectivity index (χ1v) is 4.42. The summed E-state index contributed by atoms with van der Waals surface area (Å²) < 4.78 is 13.0. The molecule has 0 N–H and O–H groups in total. The number of aldehydes is 1. The number of hydrogen-bond acceptors (Lipinski definition) is 1. The van der Waals surface area contributed by atoms with E-state index in [2.05, 4.69) is 0 Å². The van der Waals surface area contributed by atoms with Crippen molar-refractivity contribution < 1.29 is 9.18 Å². The van der Waals surface area contributed by atoms with Crippen LogP contribution in [0.15, 0.2) is 18.2 Å². The summed E-state index contributed by atoms with van der Waals surface area (Å²) in [4.78, 5) is 10.3. The fraction of sp³-hybridized carbons (Fsp3) is 0.300. The molecule has 0 fully saturated rings. The highest BCUT2D eigenvalue weighted by Gasteiger charge is 2.08. The third-order valence-corrected chi connectivity index (χ3v) is 2.20. The highest BCUT2D eigenvalue weighted by Crippen LogP contribution is 2.15. The molecule has 0 saturated carbocycles. The number of rotatable bonds is 3. The quantitative estimate of drug-likeness (QED) is 0.541. The number of alkyl halides is 1. The van der Waals surface area contributed by atoms with Crippen LogP contribution >= 0.6 is 11.6 Å². The number of halogens is 2. The standard InChI is InChI=1S/C10H10ClFO/c1-7-8(5-9(11)6-13)3-2-4-10(7)12/h2-4,6,9H,5H2,1H3. The zero-order valence-corrected chi connectivity index (χ0v) is 8.01. The normalized spacial score (nSPS) is 12.5. The summed E-state index contributed by atoms with van der Waals surface area (Å²) in [7, 11) is 0. The molecule has 0 aromatic heterocycles. The van der Waals surface area contributed by atoms with Crippen LogP contribution in [0, 0.1) is 12.7 Å². The van der Waals surface area contributed by atoms with E-state index in [9.17, 15) is 9.18 Å². The monoisotopic (exact) mass is 200 g/mol. The van der Waals surface area contributed by atoms with Gasteiger partial charge >= 0.3 is 0 Å². The Morgan fingerprint density at radius 2 is 2.31 bits per heavy atom. The molecule has 0 aliphatic rings. The van der Waals surface area contributed by atoms with E-state index in [-0.39, 0.29) is 5.82 Å². The first-order chi connectivity index (χ1) is 6.15. The number of hydrogen-bond donors (Lipinski definition) is 0. The van der Waals surface area contributed by atoms with Gasteiger partial charge in [0.25, 0.3) is 0 Å². The predicted octanol–water partition coefficient (Wildman–Crippen LogP) is 2.48. The van der Waals surface area contributed by atoms with Crippen molar-refractivity contribution in [1.82, 2.24) is 0 Å². The highest BCUT2D eigenvalue weighted by molar-refractivity contribution is 6.27. The van der Waals surface area contributed by atoms with Gasteiger partial charge in [-0.25, -0.2) is 4.39 Å². The summed E-state index contributed by atoms with van der Waals surface area (Å²) in [5.74, 6) is -0.257. The van der Waals surface area contributed by atoms with E-state index < -0.39 is 5.38 Å². The van der Waals surface area contributed by atoms with Crippen LogP contribution in [0.1, 0.15) is 11.1 Å². The van der Waals surface area contributed by atoms with Crippen LogP contribution in [0.3, 0.4) is 0 Å². The molecule has 1 aromatic carbocycles. The van der Waals surface area contributed by atoms with Crippen LogP contribution in [0.25, 0.3) is 0 Å². The SMILES string of the molecule is Cc1c(F)cccc1CC(Cl)C=O. The van der Waals surface area contributed by atoms with Gasteiger partial charge in [-0.2, -0.15) is 0 Å². The Morgan fingerprint density at radius 3 is 2.92 bits per heavy atom. The van der Waals surface area contributed by atoms with E-state index in [4.69, 9.17) is 11.6 Å². The first-order valence-electron chi connectivity index (χ1n) is 3.98. The smallest absolute Gasteiger partial charge is 0.138 e. The summed E-state index contributed by atoms with van der Waals surface area (Å²) in [6.07, 6.45) is 1.04. The van der Waals surface area contributed by atoms with Crippen LogP contribution < -0.4 is 0 Å². The van der Waals surface area contributed by atoms with Crippen LogP contribution in [-0.4, -0.2) is 11.7 Å². The molecule has 70 valence electrons. The fourth-order valence-corrected chi connectivity index (χ4v) is 1.30. The second-order valence-electron chi connectivity index (χ2n) is 2.88. The lowest BCUT2D eigenvalue weighted by Crippen LogP contribution is -2.06. The van der Waals surface area contributed by atoms with E-state index in [1.165, 1.54) is 6.07 Å². The van der Waals surface area contributed by atoms with Crippen LogP contribution in [0.5, 0.6) is 0 Å². The fourth-order valence-electron chi connectivity index (χ4n) is 1.13. The average molecular weight is 201 g/mol. The molecule has 0 radical (unpaired) electrons. The largest absolute Gasteiger partial charge is 0.302 e. The summed E-state index contributed by atoms with van der Waals surface area (Å²) in [5.41, 5.74) is 1.35. The Labute approximate surface area is 81.5 Å². The minimum Gasteiger partial charge on any atom is -0.302 e. The molecule has 0 heterocycles. The second-order valence-corrected chi connectivity index (χ2v) is 3.44. The summed E-state index contributed by atoms with van der Waals surface area (Å²) >= 11 is 5.63. The molecule has 0 spiro atoms. The van der Waals surface area contributed by atoms with Gasteiger partial charge in [0.2, 0.25) is 0 Å². The molecule has 1 unspecified atom stereocenters. The van der Waals surface area contributed by atoms with E-state index in [0.717, 1.165) is 5.56 Å². The lowest BCUT2D eigenvalue weighted by Gasteiger charge is -2.06. The molecule has 0 saturated heterocycles. The third kappa shape index (κ3) is 2.52. The maximum atomic E-state index is 13.0. The molecule has 0 bridgehead atoms. The number of carbonyl (C=O) groups excluding carboxylic acids is 1. The van der Waals surface area contributed by atoms with Gasteiger partial charge in [0.05, 0.1) is 5.38 Å². The maximum Gasteiger partial charge on any atom is 0.138 e. The van der Waals surface area contributed by atoms with Gasteiger partial charge in [-0.1, -0.05) is 12.1 Å². The van der Waals surface area contributed by atoms with E-state index in [0.29, 0.717) is 18.3 Å². The van der Waals surface area contributed by atoms with Crippen LogP contribution in [0.4, 0.5) is 4.39 Å². The zero-order chi connectivity index (χ0) is 9.84. The average Bonchev–Trinajstić information content (AvgIpc) is 2.13. The van der Waals surface area contributed by atoms with E-state index in [1.807, 2.05) is 0 Å². The van der Waals surface area contributed by atoms with Gasteiger partial charge in [-0.15, -0.1) is 11.6 Å². The molecular weight excluding hydrogens is 191 g/mol. The molecule has 0 aliphatic heterocycles. The van der Waals surface area contributed by atoms with Crippen molar-refractivity contribution in [2.24, 2.45) is 0 Å². The molecule has 1 atom stereocenters. The molecular formula is C10H10ClFO. The number of carbonyl (C=O) groups is 1. The minimum atomic E-state index is -0.569. The minimum absolute atomic E-state index is 0.257. The van der Waals surface area contributed by atoms with Gasteiger partial charge < -0.3 is 4.79 Å². The van der Waals surface area contributed by atoms with Gasteiger partial charge in [-0.05, 0) is 30.5 Å². The van der Waals surface area contributed by atoms with Gasteiger partial charge in [-0.3, -0.25) is 0 Å². The van der Waals surface area contributed by atoms with Crippen LogP contribution in [0.2, 0.25) is 0 Å². The Bertz CT molecular complexity index is 312. The lowest BCUT2D eigenvalue weighted by molar-refractivity contribution is -0.107. The molecule has 1 aromatic rings. The Balaban J connectivity index is 2.88. The first kappa shape index (κ1) is 10.2. The Morgan fingerprint density at radius 1 is 1.62 bits per heavy atom. The molecule has 1 rings (SSSR count). The number of benzene rings is 1. The molecule has 3 heteroatoms. The van der Waals surface area contributed by atoms with E-state index >= 15 is 0 Å². The molecule has 13 heavy (non-hydrogen) atoms. The van der Waals surface area contributed by atoms with Gasteiger partial charge in [0.15, 0.2) is 0 Å². The third-order valence-electron chi connectivity index (χ3n) is 1.94. The van der Waals surface area contributed by atoms with Crippen molar-refractivity contribution in [1.29, 1.82) is 0 Å². The summed E-state index contributed by atoms with van der Waals surface area (Å²) in [6, 6.07) is 4.78. The summed E-state index contributed by atoms with van der Waals surface area (Å²) in [6.45, 7) is 1.68. The van der Waals surface area contributed by atoms with Crippen molar-refractivity contribution in [2.75, 3.05) is 0 Å². The van der Waals surface area contributed by atoms with Crippen molar-refractivity contribution >= 4 is 17.9 Å². The second kappa shape index (κ2) is 4.38. The molecule has 0 aliphatic carbocycles. The van der Waals surface area contributed by atoms with Gasteiger partial charge in [0.1, 0.15) is 12.1 Å². The topological polar surface area (TPSA) is 17.1 Å². The maximum absolute atomic E-state index is 13.0. The zero-order valence-electron chi connectivity index (χ0n) is 7.26. The van der Waals surface area contributed by atoms with Crippen molar-refractivity contribution in [3.63, 3.8) is 0 Å². The molecule has 1 nitrogen and oxygen atoms in total.